The van der Waals surface area contributed by atoms with Gasteiger partial charge in [0, 0.05) is 55.5 Å². The van der Waals surface area contributed by atoms with E-state index in [4.69, 9.17) is 0 Å². The fraction of sp³-hybridized carbons (Fsp3) is 0.259. The highest BCUT2D eigenvalue weighted by atomic mass is 32.2. The summed E-state index contributed by atoms with van der Waals surface area (Å²) in [5.74, 6) is -1.16. The quantitative estimate of drug-likeness (QED) is 0.201. The molecular formula is C27H24F3N5O4S2. The van der Waals surface area contributed by atoms with Gasteiger partial charge in [-0.2, -0.15) is 13.2 Å². The van der Waals surface area contributed by atoms with Gasteiger partial charge in [0.1, 0.15) is 5.82 Å². The summed E-state index contributed by atoms with van der Waals surface area (Å²) < 4.78 is 66.2. The lowest BCUT2D eigenvalue weighted by atomic mass is 9.98. The van der Waals surface area contributed by atoms with Gasteiger partial charge in [0.15, 0.2) is 9.84 Å². The summed E-state index contributed by atoms with van der Waals surface area (Å²) in [6, 6.07) is 17.6. The molecule has 0 radical (unpaired) electrons. The van der Waals surface area contributed by atoms with Crippen LogP contribution in [0.4, 0.5) is 24.0 Å². The summed E-state index contributed by atoms with van der Waals surface area (Å²) in [5, 5.41) is 11.1. The van der Waals surface area contributed by atoms with Crippen molar-refractivity contribution in [1.29, 1.82) is 0 Å². The molecule has 5 rings (SSSR count). The Kier molecular flexibility index (Phi) is 7.81. The maximum Gasteiger partial charge on any atom is 0.451 e. The molecule has 1 aliphatic rings. The van der Waals surface area contributed by atoms with Crippen molar-refractivity contribution in [3.8, 4) is 22.4 Å². The van der Waals surface area contributed by atoms with Gasteiger partial charge in [-0.05, 0) is 23.8 Å². The third-order valence-corrected chi connectivity index (χ3v) is 8.79. The number of hydrogen-bond acceptors (Lipinski definition) is 9. The van der Waals surface area contributed by atoms with Crippen LogP contribution in [-0.2, 0) is 22.6 Å². The van der Waals surface area contributed by atoms with Crippen LogP contribution in [0, 0.1) is 10.1 Å². The minimum absolute atomic E-state index is 0.0417. The fourth-order valence-electron chi connectivity index (χ4n) is 4.63. The van der Waals surface area contributed by atoms with Gasteiger partial charge < -0.3 is 4.90 Å². The molecule has 1 aliphatic heterocycles. The number of alkyl halides is 3. The normalized spacial score (nSPS) is 14.8. The van der Waals surface area contributed by atoms with Gasteiger partial charge in [-0.1, -0.05) is 53.8 Å². The number of aromatic nitrogens is 2. The molecule has 0 unspecified atom stereocenters. The maximum atomic E-state index is 14.1. The van der Waals surface area contributed by atoms with Gasteiger partial charge in [0.25, 0.3) is 0 Å². The van der Waals surface area contributed by atoms with Crippen LogP contribution in [0.25, 0.3) is 22.4 Å². The van der Waals surface area contributed by atoms with Gasteiger partial charge in [0.05, 0.1) is 21.1 Å². The molecule has 4 aromatic rings. The summed E-state index contributed by atoms with van der Waals surface area (Å²) in [6.45, 7) is 2.24. The number of rotatable bonds is 7. The molecule has 0 N–H and O–H groups in total. The lowest BCUT2D eigenvalue weighted by molar-refractivity contribution is -0.380. The molecule has 41 heavy (non-hydrogen) atoms. The zero-order chi connectivity index (χ0) is 29.4. The second-order valence-corrected chi connectivity index (χ2v) is 12.7. The molecule has 0 saturated carbocycles. The number of anilines is 1. The van der Waals surface area contributed by atoms with Gasteiger partial charge in [0.2, 0.25) is 5.82 Å². The molecule has 1 saturated heterocycles. The SMILES string of the molecule is CS(=O)(=O)c1ccc(-c2nc(C(F)(F)F)nc(N3CCN(Cc4ccc([N+](=O)[O-])s4)CC3)c2-c2ccccc2)cc1. The molecule has 9 nitrogen and oxygen atoms in total. The molecule has 0 atom stereocenters. The highest BCUT2D eigenvalue weighted by Crippen LogP contribution is 2.41. The van der Waals surface area contributed by atoms with E-state index >= 15 is 0 Å². The van der Waals surface area contributed by atoms with E-state index in [9.17, 15) is 31.7 Å². The third-order valence-electron chi connectivity index (χ3n) is 6.64. The highest BCUT2D eigenvalue weighted by molar-refractivity contribution is 7.90. The van der Waals surface area contributed by atoms with Crippen molar-refractivity contribution in [3.63, 3.8) is 0 Å². The topological polar surface area (TPSA) is 110 Å². The molecule has 1 fully saturated rings. The second kappa shape index (κ2) is 11.2. The van der Waals surface area contributed by atoms with Crippen molar-refractivity contribution in [2.24, 2.45) is 0 Å². The van der Waals surface area contributed by atoms with Crippen LogP contribution in [0.1, 0.15) is 10.7 Å². The first-order valence-corrected chi connectivity index (χ1v) is 15.2. The Bertz CT molecular complexity index is 1670. The zero-order valence-corrected chi connectivity index (χ0v) is 23.3. The van der Waals surface area contributed by atoms with Gasteiger partial charge in [-0.25, -0.2) is 18.4 Å². The average Bonchev–Trinajstić information content (AvgIpc) is 3.41. The predicted octanol–water partition coefficient (Wildman–Crippen LogP) is 5.52. The Morgan fingerprint density at radius 1 is 0.927 bits per heavy atom. The van der Waals surface area contributed by atoms with E-state index < -0.39 is 26.8 Å². The molecular weight excluding hydrogens is 579 g/mol. The Balaban J connectivity index is 1.54. The van der Waals surface area contributed by atoms with Crippen LogP contribution in [0.15, 0.2) is 71.6 Å². The second-order valence-electron chi connectivity index (χ2n) is 9.52. The van der Waals surface area contributed by atoms with Crippen molar-refractivity contribution in [3.05, 3.63) is 87.5 Å². The fourth-order valence-corrected chi connectivity index (χ4v) is 6.12. The van der Waals surface area contributed by atoms with E-state index in [-0.39, 0.29) is 21.4 Å². The van der Waals surface area contributed by atoms with Crippen LogP contribution < -0.4 is 4.90 Å². The van der Waals surface area contributed by atoms with Crippen molar-refractivity contribution in [2.45, 2.75) is 17.6 Å². The molecule has 214 valence electrons. The lowest BCUT2D eigenvalue weighted by Gasteiger charge is -2.36. The largest absolute Gasteiger partial charge is 0.451 e. The Hall–Kier alpha value is -3.88. The van der Waals surface area contributed by atoms with E-state index in [0.717, 1.165) is 22.5 Å². The minimum Gasteiger partial charge on any atom is -0.353 e. The molecule has 0 amide bonds. The molecule has 0 spiro atoms. The summed E-state index contributed by atoms with van der Waals surface area (Å²) in [4.78, 5) is 23.3. The molecule has 3 heterocycles. The number of piperazine rings is 1. The van der Waals surface area contributed by atoms with Gasteiger partial charge in [-0.3, -0.25) is 15.0 Å². The predicted molar refractivity (Wildman–Crippen MR) is 149 cm³/mol. The number of thiophene rings is 1. The summed E-state index contributed by atoms with van der Waals surface area (Å²) in [6.07, 6.45) is -3.76. The van der Waals surface area contributed by atoms with E-state index in [1.54, 1.807) is 41.3 Å². The third kappa shape index (κ3) is 6.39. The first-order chi connectivity index (χ1) is 19.4. The molecule has 2 aromatic heterocycles. The number of benzene rings is 2. The first-order valence-electron chi connectivity index (χ1n) is 12.5. The monoisotopic (exact) mass is 603 g/mol. The number of halogens is 3. The maximum absolute atomic E-state index is 14.1. The number of nitro groups is 1. The molecule has 0 bridgehead atoms. The Labute approximate surface area is 238 Å². The van der Waals surface area contributed by atoms with E-state index in [0.29, 0.717) is 49.4 Å². The standard InChI is InChI=1S/C27H24F3N5O4S2/c1-41(38,39)21-10-7-19(8-11-21)24-23(18-5-3-2-4-6-18)25(32-26(31-24)27(28,29)30)34-15-13-33(14-16-34)17-20-9-12-22(40-20)35(36)37/h2-12H,13-17H2,1H3. The summed E-state index contributed by atoms with van der Waals surface area (Å²) in [7, 11) is -3.51. The van der Waals surface area contributed by atoms with Gasteiger partial charge in [-0.15, -0.1) is 0 Å². The number of sulfone groups is 1. The van der Waals surface area contributed by atoms with Crippen LogP contribution in [0.3, 0.4) is 0 Å². The molecule has 0 aliphatic carbocycles. The van der Waals surface area contributed by atoms with Crippen molar-refractivity contribution < 1.29 is 26.5 Å². The Morgan fingerprint density at radius 3 is 2.15 bits per heavy atom. The van der Waals surface area contributed by atoms with E-state index in [1.807, 2.05) is 0 Å². The van der Waals surface area contributed by atoms with E-state index in [1.165, 1.54) is 30.3 Å². The zero-order valence-electron chi connectivity index (χ0n) is 21.7. The van der Waals surface area contributed by atoms with Crippen LogP contribution >= 0.6 is 11.3 Å². The highest BCUT2D eigenvalue weighted by Gasteiger charge is 2.38. The number of hydrogen-bond donors (Lipinski definition) is 0. The van der Waals surface area contributed by atoms with E-state index in [2.05, 4.69) is 14.9 Å². The van der Waals surface area contributed by atoms with Gasteiger partial charge >= 0.3 is 11.2 Å². The van der Waals surface area contributed by atoms with Crippen LogP contribution in [0.5, 0.6) is 0 Å². The van der Waals surface area contributed by atoms with Crippen LogP contribution in [-0.4, -0.2) is 60.6 Å². The van der Waals surface area contributed by atoms with Crippen molar-refractivity contribution in [2.75, 3.05) is 37.3 Å². The molecule has 14 heteroatoms. The Morgan fingerprint density at radius 2 is 1.59 bits per heavy atom. The first kappa shape index (κ1) is 28.6. The summed E-state index contributed by atoms with van der Waals surface area (Å²) >= 11 is 1.10. The van der Waals surface area contributed by atoms with Crippen molar-refractivity contribution >= 4 is 32.0 Å². The van der Waals surface area contributed by atoms with Crippen molar-refractivity contribution in [1.82, 2.24) is 14.9 Å². The number of nitrogens with zero attached hydrogens (tertiary/aromatic N) is 5. The minimum atomic E-state index is -4.82. The average molecular weight is 604 g/mol. The van der Waals surface area contributed by atoms with Crippen LogP contribution in [0.2, 0.25) is 0 Å². The molecule has 2 aromatic carbocycles. The smallest absolute Gasteiger partial charge is 0.353 e. The lowest BCUT2D eigenvalue weighted by Crippen LogP contribution is -2.46. The summed E-state index contributed by atoms with van der Waals surface area (Å²) in [5.41, 5.74) is 1.39.